The fourth-order valence-corrected chi connectivity index (χ4v) is 2.42. The summed E-state index contributed by atoms with van der Waals surface area (Å²) in [6.07, 6.45) is -2.46. The van der Waals surface area contributed by atoms with Gasteiger partial charge in [0.15, 0.2) is 0 Å². The monoisotopic (exact) mass is 303 g/mol. The Morgan fingerprint density at radius 3 is 2.86 bits per heavy atom. The zero-order chi connectivity index (χ0) is 15.6. The van der Waals surface area contributed by atoms with Crippen molar-refractivity contribution in [3.8, 4) is 0 Å². The van der Waals surface area contributed by atoms with Crippen LogP contribution in [0.5, 0.6) is 0 Å². The molecule has 1 aliphatic heterocycles. The van der Waals surface area contributed by atoms with Gasteiger partial charge in [0.1, 0.15) is 11.4 Å². The second-order valence-corrected chi connectivity index (χ2v) is 4.96. The molecule has 1 atom stereocenters. The molecule has 1 aromatic heterocycles. The number of esters is 1. The molecule has 1 unspecified atom stereocenters. The van der Waals surface area contributed by atoms with Gasteiger partial charge in [-0.05, 0) is 18.9 Å². The number of anilines is 2. The standard InChI is InChI=1S/C13H16F3N3O2/c1-21-12(20)10-5-9(17)6-18-11(10)19-4-2-3-8(7-19)13(14,15)16/h5-6,8H,2-4,7,17H2,1H3. The maximum Gasteiger partial charge on any atom is 0.393 e. The van der Waals surface area contributed by atoms with Crippen LogP contribution in [0.2, 0.25) is 0 Å². The van der Waals surface area contributed by atoms with E-state index in [9.17, 15) is 18.0 Å². The summed E-state index contributed by atoms with van der Waals surface area (Å²) in [5.74, 6) is -1.90. The minimum absolute atomic E-state index is 0.0836. The lowest BCUT2D eigenvalue weighted by Gasteiger charge is -2.35. The number of carbonyl (C=O) groups excluding carboxylic acids is 1. The predicted octanol–water partition coefficient (Wildman–Crippen LogP) is 2.23. The van der Waals surface area contributed by atoms with E-state index in [0.717, 1.165) is 0 Å². The molecule has 2 rings (SSSR count). The third kappa shape index (κ3) is 3.37. The van der Waals surface area contributed by atoms with Gasteiger partial charge in [-0.25, -0.2) is 9.78 Å². The summed E-state index contributed by atoms with van der Waals surface area (Å²) in [5.41, 5.74) is 5.91. The summed E-state index contributed by atoms with van der Waals surface area (Å²) in [5, 5.41) is 0. The second-order valence-electron chi connectivity index (χ2n) is 4.96. The Morgan fingerprint density at radius 2 is 2.24 bits per heavy atom. The smallest absolute Gasteiger partial charge is 0.393 e. The molecular formula is C13H16F3N3O2. The fourth-order valence-electron chi connectivity index (χ4n) is 2.42. The van der Waals surface area contributed by atoms with E-state index in [4.69, 9.17) is 5.73 Å². The SMILES string of the molecule is COC(=O)c1cc(N)cnc1N1CCCC(C(F)(F)F)C1. The number of rotatable bonds is 2. The number of alkyl halides is 3. The molecule has 1 aliphatic rings. The molecule has 21 heavy (non-hydrogen) atoms. The summed E-state index contributed by atoms with van der Waals surface area (Å²) < 4.78 is 43.2. The molecule has 116 valence electrons. The molecule has 2 heterocycles. The molecule has 1 saturated heterocycles. The first-order chi connectivity index (χ1) is 9.82. The zero-order valence-electron chi connectivity index (χ0n) is 11.5. The minimum atomic E-state index is -4.25. The molecule has 0 aliphatic carbocycles. The molecule has 0 amide bonds. The number of hydrogen-bond acceptors (Lipinski definition) is 5. The van der Waals surface area contributed by atoms with Crippen LogP contribution in [0.3, 0.4) is 0 Å². The van der Waals surface area contributed by atoms with Gasteiger partial charge in [-0.1, -0.05) is 0 Å². The van der Waals surface area contributed by atoms with Crippen molar-refractivity contribution in [1.29, 1.82) is 0 Å². The van der Waals surface area contributed by atoms with Crippen molar-refractivity contribution in [1.82, 2.24) is 4.98 Å². The van der Waals surface area contributed by atoms with E-state index in [0.29, 0.717) is 13.0 Å². The Labute approximate surface area is 119 Å². The molecule has 8 heteroatoms. The van der Waals surface area contributed by atoms with E-state index < -0.39 is 18.1 Å². The van der Waals surface area contributed by atoms with Crippen LogP contribution in [0.25, 0.3) is 0 Å². The number of nitrogens with two attached hydrogens (primary N) is 1. The van der Waals surface area contributed by atoms with Gasteiger partial charge in [0, 0.05) is 13.1 Å². The van der Waals surface area contributed by atoms with Crippen LogP contribution in [0.1, 0.15) is 23.2 Å². The van der Waals surface area contributed by atoms with Crippen LogP contribution in [0.4, 0.5) is 24.7 Å². The Morgan fingerprint density at radius 1 is 1.52 bits per heavy atom. The van der Waals surface area contributed by atoms with Crippen LogP contribution in [-0.2, 0) is 4.74 Å². The molecule has 0 bridgehead atoms. The van der Waals surface area contributed by atoms with Crippen molar-refractivity contribution in [2.45, 2.75) is 19.0 Å². The van der Waals surface area contributed by atoms with Gasteiger partial charge < -0.3 is 15.4 Å². The molecule has 0 aromatic carbocycles. The summed E-state index contributed by atoms with van der Waals surface area (Å²) in [4.78, 5) is 17.2. The van der Waals surface area contributed by atoms with E-state index in [1.807, 2.05) is 0 Å². The van der Waals surface area contributed by atoms with Crippen molar-refractivity contribution in [2.75, 3.05) is 30.8 Å². The van der Waals surface area contributed by atoms with Crippen LogP contribution in [-0.4, -0.2) is 37.3 Å². The number of hydrogen-bond donors (Lipinski definition) is 1. The van der Waals surface area contributed by atoms with E-state index in [-0.39, 0.29) is 30.0 Å². The number of pyridine rings is 1. The summed E-state index contributed by atoms with van der Waals surface area (Å²) in [7, 11) is 1.20. The van der Waals surface area contributed by atoms with Crippen molar-refractivity contribution < 1.29 is 22.7 Å². The Balaban J connectivity index is 2.31. The number of nitrogens with zero attached hydrogens (tertiary/aromatic N) is 2. The lowest BCUT2D eigenvalue weighted by molar-refractivity contribution is -0.176. The highest BCUT2D eigenvalue weighted by molar-refractivity contribution is 5.95. The Kier molecular flexibility index (Phi) is 4.24. The first-order valence-corrected chi connectivity index (χ1v) is 6.48. The fraction of sp³-hybridized carbons (Fsp3) is 0.538. The van der Waals surface area contributed by atoms with Crippen molar-refractivity contribution >= 4 is 17.5 Å². The van der Waals surface area contributed by atoms with Gasteiger partial charge in [-0.3, -0.25) is 0 Å². The third-order valence-corrected chi connectivity index (χ3v) is 3.48. The van der Waals surface area contributed by atoms with Gasteiger partial charge >= 0.3 is 12.1 Å². The minimum Gasteiger partial charge on any atom is -0.465 e. The van der Waals surface area contributed by atoms with Gasteiger partial charge in [0.2, 0.25) is 0 Å². The molecule has 0 radical (unpaired) electrons. The van der Waals surface area contributed by atoms with E-state index >= 15 is 0 Å². The molecule has 0 spiro atoms. The maximum absolute atomic E-state index is 12.9. The third-order valence-electron chi connectivity index (χ3n) is 3.48. The molecule has 5 nitrogen and oxygen atoms in total. The number of methoxy groups -OCH3 is 1. The van der Waals surface area contributed by atoms with Crippen LogP contribution in [0.15, 0.2) is 12.3 Å². The largest absolute Gasteiger partial charge is 0.465 e. The number of ether oxygens (including phenoxy) is 1. The Hall–Kier alpha value is -1.99. The quantitative estimate of drug-likeness (QED) is 0.849. The van der Waals surface area contributed by atoms with E-state index in [1.165, 1.54) is 24.3 Å². The van der Waals surface area contributed by atoms with Gasteiger partial charge in [0.05, 0.1) is 24.9 Å². The average Bonchev–Trinajstić information content (AvgIpc) is 2.45. The normalized spacial score (nSPS) is 19.4. The summed E-state index contributed by atoms with van der Waals surface area (Å²) in [6.45, 7) is 0.192. The number of nitrogen functional groups attached to an aromatic ring is 1. The first-order valence-electron chi connectivity index (χ1n) is 6.48. The topological polar surface area (TPSA) is 68.5 Å². The van der Waals surface area contributed by atoms with E-state index in [1.54, 1.807) is 0 Å². The molecule has 1 aromatic rings. The highest BCUT2D eigenvalue weighted by Crippen LogP contribution is 2.35. The van der Waals surface area contributed by atoms with E-state index in [2.05, 4.69) is 9.72 Å². The zero-order valence-corrected chi connectivity index (χ0v) is 11.5. The molecule has 1 fully saturated rings. The molecule has 2 N–H and O–H groups in total. The molecular weight excluding hydrogens is 287 g/mol. The number of halogens is 3. The van der Waals surface area contributed by atoms with Crippen LogP contribution >= 0.6 is 0 Å². The number of piperidine rings is 1. The Bertz CT molecular complexity index is 534. The maximum atomic E-state index is 12.9. The van der Waals surface area contributed by atoms with Crippen molar-refractivity contribution in [3.63, 3.8) is 0 Å². The lowest BCUT2D eigenvalue weighted by atomic mass is 9.97. The number of carbonyl (C=O) groups is 1. The first kappa shape index (κ1) is 15.4. The van der Waals surface area contributed by atoms with Crippen LogP contribution in [0, 0.1) is 5.92 Å². The molecule has 0 saturated carbocycles. The average molecular weight is 303 g/mol. The van der Waals surface area contributed by atoms with Gasteiger partial charge in [-0.15, -0.1) is 0 Å². The summed E-state index contributed by atoms with van der Waals surface area (Å²) >= 11 is 0. The van der Waals surface area contributed by atoms with Crippen molar-refractivity contribution in [3.05, 3.63) is 17.8 Å². The predicted molar refractivity (Wildman–Crippen MR) is 71.0 cm³/mol. The highest BCUT2D eigenvalue weighted by atomic mass is 19.4. The summed E-state index contributed by atoms with van der Waals surface area (Å²) in [6, 6.07) is 1.37. The lowest BCUT2D eigenvalue weighted by Crippen LogP contribution is -2.42. The van der Waals surface area contributed by atoms with Crippen molar-refractivity contribution in [2.24, 2.45) is 5.92 Å². The second kappa shape index (κ2) is 5.79. The van der Waals surface area contributed by atoms with Crippen LogP contribution < -0.4 is 10.6 Å². The van der Waals surface area contributed by atoms with Gasteiger partial charge in [-0.2, -0.15) is 13.2 Å². The number of aromatic nitrogens is 1. The highest BCUT2D eigenvalue weighted by Gasteiger charge is 2.42. The van der Waals surface area contributed by atoms with Gasteiger partial charge in [0.25, 0.3) is 0 Å².